The Bertz CT molecular complexity index is 878. The average Bonchev–Trinajstić information content (AvgIpc) is 2.96. The highest BCUT2D eigenvalue weighted by atomic mass is 16.5. The van der Waals surface area contributed by atoms with Crippen molar-refractivity contribution in [3.8, 4) is 0 Å². The van der Waals surface area contributed by atoms with E-state index in [4.69, 9.17) is 9.47 Å². The summed E-state index contributed by atoms with van der Waals surface area (Å²) in [6.07, 6.45) is 2.71. The fourth-order valence-corrected chi connectivity index (χ4v) is 4.33. The number of nitrogens with one attached hydrogen (secondary N) is 3. The molecule has 2 aliphatic rings. The molecule has 0 aliphatic carbocycles. The molecule has 0 atom stereocenters. The van der Waals surface area contributed by atoms with E-state index in [2.05, 4.69) is 16.0 Å². The normalized spacial score (nSPS) is 15.7. The number of amides is 5. The molecule has 0 spiro atoms. The third-order valence-electron chi connectivity index (χ3n) is 6.94. The zero-order chi connectivity index (χ0) is 31.0. The lowest BCUT2D eigenvalue weighted by Crippen LogP contribution is -2.50. The first-order chi connectivity index (χ1) is 20.0. The largest absolute Gasteiger partial charge is 0.378 e. The van der Waals surface area contributed by atoms with E-state index < -0.39 is 11.8 Å². The van der Waals surface area contributed by atoms with Gasteiger partial charge in [-0.2, -0.15) is 0 Å². The van der Waals surface area contributed by atoms with Crippen LogP contribution in [0, 0.1) is 5.41 Å². The van der Waals surface area contributed by atoms with Gasteiger partial charge in [-0.05, 0) is 12.8 Å². The summed E-state index contributed by atoms with van der Waals surface area (Å²) in [6, 6.07) is 0. The second-order valence-electron chi connectivity index (χ2n) is 11.5. The van der Waals surface area contributed by atoms with Crippen molar-refractivity contribution < 1.29 is 38.2 Å². The summed E-state index contributed by atoms with van der Waals surface area (Å²) in [5, 5.41) is 7.91. The van der Waals surface area contributed by atoms with Crippen molar-refractivity contribution >= 4 is 35.3 Å². The van der Waals surface area contributed by atoms with Crippen LogP contribution in [-0.2, 0) is 38.2 Å². The number of hydrogen-bond acceptors (Lipinski definition) is 9. The average molecular weight is 597 g/mol. The van der Waals surface area contributed by atoms with E-state index in [0.717, 1.165) is 12.8 Å². The van der Waals surface area contributed by atoms with Gasteiger partial charge in [0.1, 0.15) is 5.78 Å². The zero-order valence-electron chi connectivity index (χ0n) is 25.3. The maximum Gasteiger partial charge on any atom is 0.242 e. The maximum absolute atomic E-state index is 12.6. The second kappa shape index (κ2) is 18.4. The molecule has 0 aromatic rings. The Morgan fingerprint density at radius 2 is 1.07 bits per heavy atom. The number of morpholine rings is 2. The molecule has 5 amide bonds. The minimum absolute atomic E-state index is 0.198. The molecule has 238 valence electrons. The van der Waals surface area contributed by atoms with Gasteiger partial charge in [0.2, 0.25) is 29.5 Å². The first kappa shape index (κ1) is 35.1. The fourth-order valence-electron chi connectivity index (χ4n) is 4.33. The number of ketones is 1. The van der Waals surface area contributed by atoms with E-state index >= 15 is 0 Å². The number of carbonyl (C=O) groups is 6. The van der Waals surface area contributed by atoms with Gasteiger partial charge >= 0.3 is 0 Å². The zero-order valence-corrected chi connectivity index (χ0v) is 25.3. The first-order valence-corrected chi connectivity index (χ1v) is 14.7. The first-order valence-electron chi connectivity index (χ1n) is 14.7. The van der Waals surface area contributed by atoms with Crippen molar-refractivity contribution in [2.24, 2.45) is 5.41 Å². The lowest BCUT2D eigenvalue weighted by molar-refractivity contribution is -0.137. The van der Waals surface area contributed by atoms with Gasteiger partial charge < -0.3 is 35.2 Å². The van der Waals surface area contributed by atoms with Gasteiger partial charge in [0.05, 0.1) is 59.2 Å². The van der Waals surface area contributed by atoms with Crippen LogP contribution in [0.3, 0.4) is 0 Å². The fraction of sp³-hybridized carbons (Fsp3) is 0.786. The van der Waals surface area contributed by atoms with Crippen molar-refractivity contribution in [1.29, 1.82) is 0 Å². The minimum atomic E-state index is -0.509. The lowest BCUT2D eigenvalue weighted by Gasteiger charge is -2.27. The highest BCUT2D eigenvalue weighted by Crippen LogP contribution is 2.18. The molecule has 0 saturated carbocycles. The molecular formula is C28H48N6O8. The summed E-state index contributed by atoms with van der Waals surface area (Å²) in [5.74, 6) is -1.65. The number of rotatable bonds is 16. The van der Waals surface area contributed by atoms with Crippen LogP contribution in [0.1, 0.15) is 46.5 Å². The molecule has 2 aliphatic heterocycles. The summed E-state index contributed by atoms with van der Waals surface area (Å²) >= 11 is 0. The van der Waals surface area contributed by atoms with Gasteiger partial charge in [-0.3, -0.25) is 33.7 Å². The van der Waals surface area contributed by atoms with Crippen LogP contribution >= 0.6 is 0 Å². The van der Waals surface area contributed by atoms with Crippen LogP contribution in [0.4, 0.5) is 0 Å². The van der Waals surface area contributed by atoms with Gasteiger partial charge in [-0.1, -0.05) is 27.2 Å². The monoisotopic (exact) mass is 596 g/mol. The summed E-state index contributed by atoms with van der Waals surface area (Å²) in [6.45, 7) is 8.49. The summed E-state index contributed by atoms with van der Waals surface area (Å²) in [4.78, 5) is 79.2. The van der Waals surface area contributed by atoms with Crippen LogP contribution in [0.2, 0.25) is 0 Å². The predicted octanol–water partition coefficient (Wildman–Crippen LogP) is -1.47. The van der Waals surface area contributed by atoms with Crippen molar-refractivity contribution in [2.75, 3.05) is 91.9 Å². The molecule has 3 N–H and O–H groups in total. The van der Waals surface area contributed by atoms with Crippen molar-refractivity contribution in [1.82, 2.24) is 30.7 Å². The van der Waals surface area contributed by atoms with Crippen LogP contribution in [0.15, 0.2) is 0 Å². The van der Waals surface area contributed by atoms with Crippen LogP contribution in [0.5, 0.6) is 0 Å². The molecule has 42 heavy (non-hydrogen) atoms. The Labute approximate surface area is 248 Å². The highest BCUT2D eigenvalue weighted by molar-refractivity contribution is 5.88. The standard InChI is InChI=1S/C28H48N6O8/c1-28(2,3)22(35)7-5-4-6-8-29-23(36)19-32(20-24(37)30-17-26(39)33-9-13-41-14-10-33)21-25(38)31-18-27(40)34-11-15-42-16-12-34/h4-21H2,1-3H3,(H,29,36)(H,30,37)(H,31,38). The van der Waals surface area contributed by atoms with Gasteiger partial charge in [0.25, 0.3) is 0 Å². The summed E-state index contributed by atoms with van der Waals surface area (Å²) < 4.78 is 10.5. The molecule has 0 unspecified atom stereocenters. The van der Waals surface area contributed by atoms with E-state index in [1.54, 1.807) is 9.80 Å². The van der Waals surface area contributed by atoms with E-state index in [-0.39, 0.29) is 61.6 Å². The van der Waals surface area contributed by atoms with Crippen molar-refractivity contribution in [3.05, 3.63) is 0 Å². The van der Waals surface area contributed by atoms with E-state index in [0.29, 0.717) is 72.0 Å². The molecule has 2 fully saturated rings. The van der Waals surface area contributed by atoms with E-state index in [1.807, 2.05) is 20.8 Å². The van der Waals surface area contributed by atoms with Crippen LogP contribution in [0.25, 0.3) is 0 Å². The Balaban J connectivity index is 1.81. The van der Waals surface area contributed by atoms with E-state index in [1.165, 1.54) is 4.90 Å². The number of unbranched alkanes of at least 4 members (excludes halogenated alkanes) is 2. The van der Waals surface area contributed by atoms with Gasteiger partial charge in [0, 0.05) is 44.6 Å². The number of carbonyl (C=O) groups excluding carboxylic acids is 6. The molecule has 2 rings (SSSR count). The highest BCUT2D eigenvalue weighted by Gasteiger charge is 2.23. The second-order valence-corrected chi connectivity index (χ2v) is 11.5. The quantitative estimate of drug-likeness (QED) is 0.180. The van der Waals surface area contributed by atoms with Crippen LogP contribution < -0.4 is 16.0 Å². The Morgan fingerprint density at radius 3 is 1.50 bits per heavy atom. The molecule has 0 bridgehead atoms. The molecule has 0 radical (unpaired) electrons. The lowest BCUT2D eigenvalue weighted by atomic mass is 9.88. The van der Waals surface area contributed by atoms with Crippen molar-refractivity contribution in [2.45, 2.75) is 46.5 Å². The number of Topliss-reactive ketones (excluding diaryl/α,β-unsaturated/α-hetero) is 1. The molecule has 0 aromatic carbocycles. The molecule has 0 aromatic heterocycles. The third kappa shape index (κ3) is 14.2. The smallest absolute Gasteiger partial charge is 0.242 e. The third-order valence-corrected chi connectivity index (χ3v) is 6.94. The van der Waals surface area contributed by atoms with Crippen molar-refractivity contribution in [3.63, 3.8) is 0 Å². The number of ether oxygens (including phenoxy) is 2. The summed E-state index contributed by atoms with van der Waals surface area (Å²) in [7, 11) is 0. The Hall–Kier alpha value is -3.10. The van der Waals surface area contributed by atoms with Gasteiger partial charge in [0.15, 0.2) is 0 Å². The number of nitrogens with zero attached hydrogens (tertiary/aromatic N) is 3. The van der Waals surface area contributed by atoms with Gasteiger partial charge in [-0.25, -0.2) is 0 Å². The van der Waals surface area contributed by atoms with Gasteiger partial charge in [-0.15, -0.1) is 0 Å². The summed E-state index contributed by atoms with van der Waals surface area (Å²) in [5.41, 5.74) is -0.359. The maximum atomic E-state index is 12.6. The molecule has 2 saturated heterocycles. The molecule has 14 heteroatoms. The van der Waals surface area contributed by atoms with Crippen LogP contribution in [-0.4, -0.2) is 142 Å². The Kier molecular flexibility index (Phi) is 15.4. The molecule has 14 nitrogen and oxygen atoms in total. The SMILES string of the molecule is CC(C)(C)C(=O)CCCCCNC(=O)CN(CC(=O)NCC(=O)N1CCOCC1)CC(=O)NCC(=O)N1CCOCC1. The minimum Gasteiger partial charge on any atom is -0.378 e. The molecule has 2 heterocycles. The topological polar surface area (TPSA) is 167 Å². The number of hydrogen-bond donors (Lipinski definition) is 3. The van der Waals surface area contributed by atoms with E-state index in [9.17, 15) is 28.8 Å². The predicted molar refractivity (Wildman–Crippen MR) is 153 cm³/mol. The Morgan fingerprint density at radius 1 is 0.643 bits per heavy atom. The molecular weight excluding hydrogens is 548 g/mol.